The highest BCUT2D eigenvalue weighted by Gasteiger charge is 2.23. The molecule has 0 aromatic heterocycles. The summed E-state index contributed by atoms with van der Waals surface area (Å²) in [4.78, 5) is 24.0. The number of hydrogen-bond acceptors (Lipinski definition) is 4. The molecule has 4 nitrogen and oxygen atoms in total. The van der Waals surface area contributed by atoms with Crippen molar-refractivity contribution in [1.29, 1.82) is 0 Å². The Balaban J connectivity index is 2.72. The smallest absolute Gasteiger partial charge is 0.338 e. The Morgan fingerprint density at radius 3 is 1.38 bits per heavy atom. The molecule has 0 aliphatic rings. The van der Waals surface area contributed by atoms with E-state index in [9.17, 15) is 9.59 Å². The minimum Gasteiger partial charge on any atom is -0.431 e. The first-order valence-corrected chi connectivity index (χ1v) is 11.3. The third-order valence-corrected chi connectivity index (χ3v) is 6.79. The van der Waals surface area contributed by atoms with E-state index in [4.69, 9.17) is 9.47 Å². The lowest BCUT2D eigenvalue weighted by Gasteiger charge is -2.25. The molecule has 2 aromatic rings. The molecule has 0 N–H and O–H groups in total. The van der Waals surface area contributed by atoms with Gasteiger partial charge in [-0.1, -0.05) is 13.2 Å². The molecular weight excluding hydrogens is 424 g/mol. The maximum atomic E-state index is 12.2. The van der Waals surface area contributed by atoms with Gasteiger partial charge in [0.2, 0.25) is 0 Å². The van der Waals surface area contributed by atoms with Gasteiger partial charge in [0, 0.05) is 11.1 Å². The van der Waals surface area contributed by atoms with E-state index < -0.39 is 11.9 Å². The Hall–Kier alpha value is -3.40. The lowest BCUT2D eigenvalue weighted by atomic mass is 9.81. The summed E-state index contributed by atoms with van der Waals surface area (Å²) in [6.07, 6.45) is 3.27. The molecule has 0 aliphatic carbocycles. The second kappa shape index (κ2) is 10.3. The molecule has 180 valence electrons. The van der Waals surface area contributed by atoms with E-state index in [-0.39, 0.29) is 0 Å². The first kappa shape index (κ1) is 26.8. The number of rotatable bonds is 6. The summed E-state index contributed by atoms with van der Waals surface area (Å²) >= 11 is 0. The molecule has 4 heteroatoms. The van der Waals surface area contributed by atoms with Gasteiger partial charge in [-0.3, -0.25) is 0 Å². The Morgan fingerprint density at radius 1 is 0.618 bits per heavy atom. The van der Waals surface area contributed by atoms with Gasteiger partial charge >= 0.3 is 11.9 Å². The fraction of sp³-hybridized carbons (Fsp3) is 0.333. The van der Waals surface area contributed by atoms with Crippen molar-refractivity contribution in [2.24, 2.45) is 0 Å². The summed E-state index contributed by atoms with van der Waals surface area (Å²) in [7, 11) is 0. The Bertz CT molecular complexity index is 1200. The molecular formula is C30H36O4. The number of benzene rings is 2. The maximum Gasteiger partial charge on any atom is 0.338 e. The molecule has 2 aromatic carbocycles. The van der Waals surface area contributed by atoms with Crippen molar-refractivity contribution >= 4 is 18.0 Å². The van der Waals surface area contributed by atoms with Gasteiger partial charge in [-0.2, -0.15) is 0 Å². The summed E-state index contributed by atoms with van der Waals surface area (Å²) in [6, 6.07) is 0. The predicted molar refractivity (Wildman–Crippen MR) is 140 cm³/mol. The van der Waals surface area contributed by atoms with Crippen LogP contribution in [-0.4, -0.2) is 11.9 Å². The predicted octanol–water partition coefficient (Wildman–Crippen LogP) is 7.39. The van der Waals surface area contributed by atoms with Crippen molar-refractivity contribution in [3.63, 3.8) is 0 Å². The topological polar surface area (TPSA) is 52.6 Å². The fourth-order valence-electron chi connectivity index (χ4n) is 4.22. The lowest BCUT2D eigenvalue weighted by molar-refractivity contribution is -0.133. The van der Waals surface area contributed by atoms with Crippen LogP contribution in [0.3, 0.4) is 0 Å². The molecule has 0 amide bonds. The van der Waals surface area contributed by atoms with Crippen molar-refractivity contribution in [2.75, 3.05) is 0 Å². The molecule has 0 aliphatic heterocycles. The van der Waals surface area contributed by atoms with Crippen LogP contribution in [0.25, 0.3) is 17.2 Å². The molecule has 0 bridgehead atoms. The average Bonchev–Trinajstić information content (AvgIpc) is 2.77. The molecule has 0 spiro atoms. The monoisotopic (exact) mass is 460 g/mol. The second-order valence-electron chi connectivity index (χ2n) is 9.15. The van der Waals surface area contributed by atoms with Crippen LogP contribution in [0.15, 0.2) is 30.6 Å². The third-order valence-electron chi connectivity index (χ3n) is 6.79. The molecule has 0 atom stereocenters. The van der Waals surface area contributed by atoms with Crippen LogP contribution >= 0.6 is 0 Å². The summed E-state index contributed by atoms with van der Waals surface area (Å²) in [5.74, 6) is -0.254. The molecule has 0 heterocycles. The number of esters is 2. The van der Waals surface area contributed by atoms with E-state index in [1.165, 1.54) is 11.8 Å². The Labute approximate surface area is 204 Å². The highest BCUT2D eigenvalue weighted by Crippen LogP contribution is 2.43. The van der Waals surface area contributed by atoms with Crippen molar-refractivity contribution in [3.05, 3.63) is 80.6 Å². The minimum atomic E-state index is -0.443. The van der Waals surface area contributed by atoms with E-state index in [2.05, 4.69) is 54.7 Å². The lowest BCUT2D eigenvalue weighted by Crippen LogP contribution is -2.12. The van der Waals surface area contributed by atoms with Gasteiger partial charge in [0.25, 0.3) is 0 Å². The van der Waals surface area contributed by atoms with Gasteiger partial charge in [0.15, 0.2) is 0 Å². The number of ether oxygens (including phenoxy) is 2. The molecule has 2 rings (SSSR count). The largest absolute Gasteiger partial charge is 0.431 e. The van der Waals surface area contributed by atoms with Crippen LogP contribution in [0, 0.1) is 55.4 Å². The summed E-state index contributed by atoms with van der Waals surface area (Å²) < 4.78 is 10.9. The summed E-state index contributed by atoms with van der Waals surface area (Å²) in [5.41, 5.74) is 12.7. The van der Waals surface area contributed by atoms with Crippen LogP contribution in [0.1, 0.15) is 63.9 Å². The molecule has 0 unspecified atom stereocenters. The van der Waals surface area contributed by atoms with Crippen LogP contribution in [0.5, 0.6) is 5.75 Å². The number of carbonyl (C=O) groups is 2. The van der Waals surface area contributed by atoms with Gasteiger partial charge in [-0.25, -0.2) is 9.59 Å². The second-order valence-corrected chi connectivity index (χ2v) is 9.15. The van der Waals surface area contributed by atoms with Gasteiger partial charge < -0.3 is 9.47 Å². The summed E-state index contributed by atoms with van der Waals surface area (Å²) in [6.45, 7) is 27.1. The van der Waals surface area contributed by atoms with Crippen molar-refractivity contribution in [3.8, 4) is 16.9 Å². The first-order chi connectivity index (χ1) is 15.7. The third kappa shape index (κ3) is 4.91. The van der Waals surface area contributed by atoms with Gasteiger partial charge in [0.05, 0.1) is 6.26 Å². The fourth-order valence-corrected chi connectivity index (χ4v) is 4.22. The van der Waals surface area contributed by atoms with Gasteiger partial charge in [-0.15, -0.1) is 0 Å². The zero-order valence-corrected chi connectivity index (χ0v) is 22.2. The van der Waals surface area contributed by atoms with E-state index in [1.807, 2.05) is 19.9 Å². The molecule has 34 heavy (non-hydrogen) atoms. The minimum absolute atomic E-state index is 0.356. The van der Waals surface area contributed by atoms with E-state index >= 15 is 0 Å². The van der Waals surface area contributed by atoms with Crippen LogP contribution in [0.2, 0.25) is 0 Å². The quantitative estimate of drug-likeness (QED) is 0.195. The molecule has 0 fully saturated rings. The zero-order valence-electron chi connectivity index (χ0n) is 22.2. The Morgan fingerprint density at radius 2 is 1.00 bits per heavy atom. The Kier molecular flexibility index (Phi) is 8.09. The van der Waals surface area contributed by atoms with Gasteiger partial charge in [-0.05, 0) is 137 Å². The molecule has 0 saturated heterocycles. The molecule has 0 saturated carbocycles. The van der Waals surface area contributed by atoms with Crippen LogP contribution in [-0.2, 0) is 14.3 Å². The standard InChI is InChI=1S/C30H36O4/c1-15(2)29(31)33-14-13-25-17(5)19(7)26(20(8)18(25)6)27-21(9)23(11)28(24(12)22(27)10)34-30(32)16(3)4/h13-14H,1,3H2,2,4-12H3/b14-13+. The van der Waals surface area contributed by atoms with Crippen molar-refractivity contribution in [1.82, 2.24) is 0 Å². The maximum absolute atomic E-state index is 12.2. The number of carbonyl (C=O) groups excluding carboxylic acids is 2. The highest BCUT2D eigenvalue weighted by atomic mass is 16.5. The van der Waals surface area contributed by atoms with E-state index in [0.717, 1.165) is 55.6 Å². The summed E-state index contributed by atoms with van der Waals surface area (Å²) in [5, 5.41) is 0. The van der Waals surface area contributed by atoms with Crippen molar-refractivity contribution in [2.45, 2.75) is 69.2 Å². The van der Waals surface area contributed by atoms with Crippen LogP contribution in [0.4, 0.5) is 0 Å². The highest BCUT2D eigenvalue weighted by molar-refractivity contribution is 5.90. The number of hydrogen-bond donors (Lipinski definition) is 0. The van der Waals surface area contributed by atoms with E-state index in [0.29, 0.717) is 16.9 Å². The molecule has 0 radical (unpaired) electrons. The van der Waals surface area contributed by atoms with Crippen molar-refractivity contribution < 1.29 is 19.1 Å². The SMILES string of the molecule is C=C(C)C(=O)O/C=C/c1c(C)c(C)c(-c2c(C)c(C)c(OC(=O)C(=C)C)c(C)c2C)c(C)c1C. The first-order valence-electron chi connectivity index (χ1n) is 11.3. The van der Waals surface area contributed by atoms with E-state index in [1.54, 1.807) is 13.8 Å². The average molecular weight is 461 g/mol. The zero-order chi connectivity index (χ0) is 26.1. The van der Waals surface area contributed by atoms with Crippen LogP contribution < -0.4 is 4.74 Å². The van der Waals surface area contributed by atoms with Gasteiger partial charge in [0.1, 0.15) is 5.75 Å². The normalized spacial score (nSPS) is 11.0.